The number of nitrogens with zero attached hydrogens (tertiary/aromatic N) is 2. The fourth-order valence-corrected chi connectivity index (χ4v) is 2.33. The highest BCUT2D eigenvalue weighted by Crippen LogP contribution is 2.22. The topological polar surface area (TPSA) is 47.3 Å². The monoisotopic (exact) mass is 288 g/mol. The second-order valence-corrected chi connectivity index (χ2v) is 5.50. The highest BCUT2D eigenvalue weighted by molar-refractivity contribution is 5.30. The van der Waals surface area contributed by atoms with E-state index in [1.807, 2.05) is 44.3 Å². The van der Waals surface area contributed by atoms with Gasteiger partial charge in [0.1, 0.15) is 11.6 Å². The summed E-state index contributed by atoms with van der Waals surface area (Å²) in [5.41, 5.74) is 0.860. The van der Waals surface area contributed by atoms with Crippen molar-refractivity contribution >= 4 is 0 Å². The molecule has 0 saturated carbocycles. The number of benzene rings is 1. The van der Waals surface area contributed by atoms with E-state index in [-0.39, 0.29) is 6.10 Å². The maximum absolute atomic E-state index is 10.4. The average molecular weight is 288 g/mol. The molecule has 4 heteroatoms. The molecule has 0 bridgehead atoms. The normalized spacial score (nSPS) is 12.6. The summed E-state index contributed by atoms with van der Waals surface area (Å²) in [6.07, 6.45) is 4.87. The van der Waals surface area contributed by atoms with Crippen molar-refractivity contribution in [3.63, 3.8) is 0 Å². The van der Waals surface area contributed by atoms with Crippen molar-refractivity contribution < 1.29 is 9.84 Å². The molecule has 114 valence electrons. The van der Waals surface area contributed by atoms with E-state index in [1.165, 1.54) is 0 Å². The van der Waals surface area contributed by atoms with Crippen LogP contribution in [0.5, 0.6) is 5.75 Å². The third-order valence-electron chi connectivity index (χ3n) is 3.26. The van der Waals surface area contributed by atoms with Crippen molar-refractivity contribution in [1.29, 1.82) is 0 Å². The third-order valence-corrected chi connectivity index (χ3v) is 3.26. The zero-order valence-electron chi connectivity index (χ0n) is 13.0. The van der Waals surface area contributed by atoms with E-state index < -0.39 is 6.10 Å². The molecular weight excluding hydrogens is 264 g/mol. The van der Waals surface area contributed by atoms with Gasteiger partial charge in [-0.25, -0.2) is 4.98 Å². The Morgan fingerprint density at radius 1 is 1.33 bits per heavy atom. The number of imidazole rings is 1. The predicted octanol–water partition coefficient (Wildman–Crippen LogP) is 3.36. The lowest BCUT2D eigenvalue weighted by molar-refractivity contribution is 0.173. The van der Waals surface area contributed by atoms with E-state index in [9.17, 15) is 5.11 Å². The molecular formula is C17H24N2O2. The van der Waals surface area contributed by atoms with Gasteiger partial charge in [0.05, 0.1) is 12.2 Å². The molecule has 1 aromatic heterocycles. The van der Waals surface area contributed by atoms with Crippen molar-refractivity contribution in [2.24, 2.45) is 0 Å². The molecule has 0 aliphatic carbocycles. The first kappa shape index (κ1) is 15.6. The Kier molecular flexibility index (Phi) is 5.39. The molecule has 0 aliphatic rings. The van der Waals surface area contributed by atoms with Crippen molar-refractivity contribution in [2.45, 2.75) is 52.4 Å². The largest absolute Gasteiger partial charge is 0.491 e. The minimum Gasteiger partial charge on any atom is -0.491 e. The van der Waals surface area contributed by atoms with Crippen LogP contribution in [0.2, 0.25) is 0 Å². The summed E-state index contributed by atoms with van der Waals surface area (Å²) in [5, 5.41) is 10.4. The van der Waals surface area contributed by atoms with Crippen LogP contribution >= 0.6 is 0 Å². The quantitative estimate of drug-likeness (QED) is 0.850. The first-order chi connectivity index (χ1) is 10.1. The molecule has 1 atom stereocenters. The van der Waals surface area contributed by atoms with Gasteiger partial charge in [-0.3, -0.25) is 0 Å². The molecule has 4 nitrogen and oxygen atoms in total. The lowest BCUT2D eigenvalue weighted by atomic mass is 10.1. The lowest BCUT2D eigenvalue weighted by Gasteiger charge is -2.15. The molecule has 0 radical (unpaired) electrons. The van der Waals surface area contributed by atoms with Gasteiger partial charge in [0.15, 0.2) is 0 Å². The second-order valence-electron chi connectivity index (χ2n) is 5.50. The van der Waals surface area contributed by atoms with Gasteiger partial charge in [-0.05, 0) is 38.0 Å². The van der Waals surface area contributed by atoms with E-state index >= 15 is 0 Å². The van der Waals surface area contributed by atoms with E-state index in [0.717, 1.165) is 30.1 Å². The summed E-state index contributed by atoms with van der Waals surface area (Å²) in [4.78, 5) is 4.34. The van der Waals surface area contributed by atoms with Crippen LogP contribution < -0.4 is 4.74 Å². The summed E-state index contributed by atoms with van der Waals surface area (Å²) in [5.74, 6) is 1.71. The Morgan fingerprint density at radius 2 is 2.14 bits per heavy atom. The third kappa shape index (κ3) is 4.33. The van der Waals surface area contributed by atoms with Gasteiger partial charge in [-0.15, -0.1) is 0 Å². The predicted molar refractivity (Wildman–Crippen MR) is 83.4 cm³/mol. The first-order valence-electron chi connectivity index (χ1n) is 7.54. The Labute approximate surface area is 126 Å². The van der Waals surface area contributed by atoms with Gasteiger partial charge in [0, 0.05) is 25.4 Å². The summed E-state index contributed by atoms with van der Waals surface area (Å²) < 4.78 is 7.77. The molecule has 0 saturated heterocycles. The number of aryl methyl sites for hydroxylation is 1. The average Bonchev–Trinajstić information content (AvgIpc) is 2.86. The number of hydrogen-bond acceptors (Lipinski definition) is 3. The maximum Gasteiger partial charge on any atom is 0.120 e. The highest BCUT2D eigenvalue weighted by Gasteiger charge is 2.13. The molecule has 1 N–H and O–H groups in total. The Morgan fingerprint density at radius 3 is 2.86 bits per heavy atom. The van der Waals surface area contributed by atoms with Gasteiger partial charge in [0.25, 0.3) is 0 Å². The fraction of sp³-hybridized carbons (Fsp3) is 0.471. The molecule has 21 heavy (non-hydrogen) atoms. The van der Waals surface area contributed by atoms with Gasteiger partial charge < -0.3 is 14.4 Å². The molecule has 0 amide bonds. The highest BCUT2D eigenvalue weighted by atomic mass is 16.5. The van der Waals surface area contributed by atoms with Crippen molar-refractivity contribution in [3.05, 3.63) is 48.0 Å². The molecule has 2 aromatic rings. The van der Waals surface area contributed by atoms with Crippen molar-refractivity contribution in [2.75, 3.05) is 0 Å². The molecule has 2 rings (SSSR count). The minimum atomic E-state index is -0.571. The van der Waals surface area contributed by atoms with Crippen LogP contribution in [0.15, 0.2) is 36.7 Å². The van der Waals surface area contributed by atoms with Crippen LogP contribution in [0.25, 0.3) is 0 Å². The van der Waals surface area contributed by atoms with Gasteiger partial charge in [0.2, 0.25) is 0 Å². The van der Waals surface area contributed by atoms with Crippen LogP contribution in [0.4, 0.5) is 0 Å². The summed E-state index contributed by atoms with van der Waals surface area (Å²) in [7, 11) is 0. The van der Waals surface area contributed by atoms with E-state index in [4.69, 9.17) is 4.74 Å². The Hall–Kier alpha value is -1.81. The van der Waals surface area contributed by atoms with Crippen LogP contribution in [0, 0.1) is 0 Å². The molecule has 0 fully saturated rings. The van der Waals surface area contributed by atoms with Gasteiger partial charge in [-0.1, -0.05) is 19.1 Å². The van der Waals surface area contributed by atoms with Gasteiger partial charge in [-0.2, -0.15) is 0 Å². The summed E-state index contributed by atoms with van der Waals surface area (Å²) in [6, 6.07) is 7.64. The zero-order valence-corrected chi connectivity index (χ0v) is 13.0. The summed E-state index contributed by atoms with van der Waals surface area (Å²) >= 11 is 0. The van der Waals surface area contributed by atoms with Crippen LogP contribution in [0.1, 0.15) is 44.7 Å². The number of ether oxygens (including phenoxy) is 1. The van der Waals surface area contributed by atoms with E-state index in [0.29, 0.717) is 6.42 Å². The van der Waals surface area contributed by atoms with Gasteiger partial charge >= 0.3 is 0 Å². The standard InChI is InChI=1S/C17H24N2O2/c1-4-9-19-10-8-18-17(19)12-16(20)14-6-5-7-15(11-14)21-13(2)3/h5-8,10-11,13,16,20H,4,9,12H2,1-3H3. The molecule has 1 heterocycles. The Balaban J connectivity index is 2.09. The van der Waals surface area contributed by atoms with E-state index in [1.54, 1.807) is 6.20 Å². The number of aliphatic hydroxyl groups is 1. The Bertz CT molecular complexity index is 563. The number of hydrogen-bond donors (Lipinski definition) is 1. The van der Waals surface area contributed by atoms with E-state index in [2.05, 4.69) is 16.5 Å². The molecule has 1 unspecified atom stereocenters. The van der Waals surface area contributed by atoms with Crippen LogP contribution in [-0.4, -0.2) is 20.8 Å². The van der Waals surface area contributed by atoms with Crippen LogP contribution in [0.3, 0.4) is 0 Å². The maximum atomic E-state index is 10.4. The minimum absolute atomic E-state index is 0.126. The molecule has 0 spiro atoms. The lowest BCUT2D eigenvalue weighted by Crippen LogP contribution is -2.10. The fourth-order valence-electron chi connectivity index (χ4n) is 2.33. The number of rotatable bonds is 7. The number of aromatic nitrogens is 2. The second kappa shape index (κ2) is 7.27. The van der Waals surface area contributed by atoms with Crippen molar-refractivity contribution in [1.82, 2.24) is 9.55 Å². The molecule has 0 aliphatic heterocycles. The van der Waals surface area contributed by atoms with Crippen molar-refractivity contribution in [3.8, 4) is 5.75 Å². The number of aliphatic hydroxyl groups excluding tert-OH is 1. The zero-order chi connectivity index (χ0) is 15.2. The first-order valence-corrected chi connectivity index (χ1v) is 7.54. The SMILES string of the molecule is CCCn1ccnc1CC(O)c1cccc(OC(C)C)c1. The molecule has 1 aromatic carbocycles. The summed E-state index contributed by atoms with van der Waals surface area (Å²) in [6.45, 7) is 7.04. The smallest absolute Gasteiger partial charge is 0.120 e. The van der Waals surface area contributed by atoms with Crippen LogP contribution in [-0.2, 0) is 13.0 Å².